The van der Waals surface area contributed by atoms with Crippen molar-refractivity contribution >= 4 is 44.9 Å². The summed E-state index contributed by atoms with van der Waals surface area (Å²) in [6.07, 6.45) is 2.84. The van der Waals surface area contributed by atoms with Crippen LogP contribution in [0.1, 0.15) is 19.3 Å². The molecule has 0 bridgehead atoms. The summed E-state index contributed by atoms with van der Waals surface area (Å²) in [5, 5.41) is 2.41. The van der Waals surface area contributed by atoms with Gasteiger partial charge in [-0.1, -0.05) is 53.5 Å². The summed E-state index contributed by atoms with van der Waals surface area (Å²) in [7, 11) is 0. The molecule has 2 aliphatic heterocycles. The van der Waals surface area contributed by atoms with Crippen LogP contribution in [-0.4, -0.2) is 51.3 Å². The van der Waals surface area contributed by atoms with Gasteiger partial charge in [0.2, 0.25) is 0 Å². The molecule has 0 N–H and O–H groups in total. The highest BCUT2D eigenvalue weighted by Crippen LogP contribution is 2.41. The van der Waals surface area contributed by atoms with E-state index in [-0.39, 0.29) is 39.9 Å². The number of aromatic nitrogens is 3. The molecule has 2 atom stereocenters. The van der Waals surface area contributed by atoms with Crippen LogP contribution in [0.25, 0.3) is 32.9 Å². The second-order valence-electron chi connectivity index (χ2n) is 8.99. The van der Waals surface area contributed by atoms with Crippen molar-refractivity contribution in [3.8, 4) is 17.3 Å². The molecule has 2 saturated heterocycles. The van der Waals surface area contributed by atoms with Gasteiger partial charge in [0.1, 0.15) is 29.1 Å². The molecule has 0 saturated carbocycles. The van der Waals surface area contributed by atoms with Crippen molar-refractivity contribution in [1.29, 1.82) is 0 Å². The summed E-state index contributed by atoms with van der Waals surface area (Å²) in [5.41, 5.74) is 0.314. The van der Waals surface area contributed by atoms with Gasteiger partial charge in [-0.05, 0) is 30.8 Å². The topological polar surface area (TPSA) is 51.1 Å². The van der Waals surface area contributed by atoms with Crippen molar-refractivity contribution in [2.24, 2.45) is 0 Å². The maximum atomic E-state index is 15.8. The van der Waals surface area contributed by atoms with Gasteiger partial charge < -0.3 is 4.74 Å². The minimum atomic E-state index is -0.872. The van der Waals surface area contributed by atoms with Gasteiger partial charge >= 0.3 is 6.01 Å². The standard InChI is InChI=1S/C25H20Cl2F2N4O/c26-18-7-2-5-14-4-1-6-16(19(14)18)21-20(29)22-17(11-30-21)23(27)32-24(31-22)34-13-25-8-3-9-33(25)12-15(28)10-25/h1-2,4-7,11,15H,3,8-10,12-13H2/t15-,25+/m1/s1. The Morgan fingerprint density at radius 3 is 2.82 bits per heavy atom. The summed E-state index contributed by atoms with van der Waals surface area (Å²) in [6.45, 7) is 1.49. The van der Waals surface area contributed by atoms with Gasteiger partial charge in [0.25, 0.3) is 0 Å². The molecule has 2 fully saturated rings. The molecule has 0 radical (unpaired) electrons. The molecule has 5 nitrogen and oxygen atoms in total. The minimum Gasteiger partial charge on any atom is -0.461 e. The Morgan fingerprint density at radius 1 is 1.15 bits per heavy atom. The first-order valence-electron chi connectivity index (χ1n) is 11.2. The molecule has 9 heteroatoms. The van der Waals surface area contributed by atoms with Crippen molar-refractivity contribution < 1.29 is 13.5 Å². The number of ether oxygens (including phenoxy) is 1. The molecule has 6 rings (SSSR count). The molecule has 0 spiro atoms. The molecular formula is C25H20Cl2F2N4O. The molecule has 0 unspecified atom stereocenters. The van der Waals surface area contributed by atoms with E-state index in [1.807, 2.05) is 24.3 Å². The van der Waals surface area contributed by atoms with Crippen LogP contribution in [0.2, 0.25) is 10.2 Å². The van der Waals surface area contributed by atoms with Crippen LogP contribution in [0.3, 0.4) is 0 Å². The van der Waals surface area contributed by atoms with Crippen LogP contribution >= 0.6 is 23.2 Å². The maximum Gasteiger partial charge on any atom is 0.318 e. The number of benzene rings is 2. The second-order valence-corrected chi connectivity index (χ2v) is 9.75. The van der Waals surface area contributed by atoms with Crippen molar-refractivity contribution in [2.75, 3.05) is 19.7 Å². The zero-order valence-electron chi connectivity index (χ0n) is 18.1. The SMILES string of the molecule is Fc1c(-c2cccc3cccc(Cl)c23)ncc2c(Cl)nc(OC[C@@]34CCCN3C[C@H](F)C4)nc12. The van der Waals surface area contributed by atoms with E-state index in [0.29, 0.717) is 28.9 Å². The zero-order chi connectivity index (χ0) is 23.4. The Morgan fingerprint density at radius 2 is 1.97 bits per heavy atom. The normalized spacial score (nSPS) is 22.5. The maximum absolute atomic E-state index is 15.8. The zero-order valence-corrected chi connectivity index (χ0v) is 19.6. The number of rotatable bonds is 4. The first-order chi connectivity index (χ1) is 16.4. The van der Waals surface area contributed by atoms with E-state index in [2.05, 4.69) is 19.9 Å². The Hall–Kier alpha value is -2.61. The number of hydrogen-bond donors (Lipinski definition) is 0. The van der Waals surface area contributed by atoms with Crippen molar-refractivity contribution in [3.05, 3.63) is 58.6 Å². The summed E-state index contributed by atoms with van der Waals surface area (Å²) < 4.78 is 35.8. The average Bonchev–Trinajstić information content (AvgIpc) is 3.34. The van der Waals surface area contributed by atoms with E-state index in [9.17, 15) is 4.39 Å². The number of halogens is 4. The van der Waals surface area contributed by atoms with E-state index < -0.39 is 12.0 Å². The predicted octanol–water partition coefficient (Wildman–Crippen LogP) is 6.25. The third-order valence-corrected chi connectivity index (χ3v) is 7.56. The molecule has 2 aromatic carbocycles. The van der Waals surface area contributed by atoms with Crippen molar-refractivity contribution in [2.45, 2.75) is 31.0 Å². The van der Waals surface area contributed by atoms with E-state index in [0.717, 1.165) is 24.8 Å². The Labute approximate surface area is 204 Å². The summed E-state index contributed by atoms with van der Waals surface area (Å²) >= 11 is 12.8. The van der Waals surface area contributed by atoms with Gasteiger partial charge in [-0.25, -0.2) is 8.78 Å². The van der Waals surface area contributed by atoms with Gasteiger partial charge in [-0.3, -0.25) is 9.88 Å². The van der Waals surface area contributed by atoms with E-state index >= 15 is 4.39 Å². The number of hydrogen-bond acceptors (Lipinski definition) is 5. The first kappa shape index (κ1) is 21.9. The summed E-state index contributed by atoms with van der Waals surface area (Å²) in [6, 6.07) is 11.0. The second kappa shape index (κ2) is 8.26. The Bertz CT molecular complexity index is 1430. The number of alkyl halides is 1. The smallest absolute Gasteiger partial charge is 0.318 e. The fourth-order valence-corrected chi connectivity index (χ4v) is 5.89. The summed E-state index contributed by atoms with van der Waals surface area (Å²) in [5.74, 6) is -0.635. The number of pyridine rings is 1. The van der Waals surface area contributed by atoms with E-state index in [1.54, 1.807) is 12.1 Å². The van der Waals surface area contributed by atoms with Gasteiger partial charge in [0.15, 0.2) is 5.82 Å². The van der Waals surface area contributed by atoms with Crippen LogP contribution in [0.5, 0.6) is 6.01 Å². The van der Waals surface area contributed by atoms with Crippen LogP contribution in [0.15, 0.2) is 42.6 Å². The van der Waals surface area contributed by atoms with Crippen LogP contribution in [0, 0.1) is 5.82 Å². The lowest BCUT2D eigenvalue weighted by Gasteiger charge is -2.30. The third-order valence-electron chi connectivity index (χ3n) is 6.96. The minimum absolute atomic E-state index is 0.0135. The van der Waals surface area contributed by atoms with Crippen molar-refractivity contribution in [3.63, 3.8) is 0 Å². The van der Waals surface area contributed by atoms with Gasteiger partial charge in [-0.15, -0.1) is 0 Å². The van der Waals surface area contributed by atoms with Gasteiger partial charge in [-0.2, -0.15) is 9.97 Å². The molecule has 34 heavy (non-hydrogen) atoms. The fourth-order valence-electron chi connectivity index (χ4n) is 5.39. The van der Waals surface area contributed by atoms with Crippen LogP contribution in [0.4, 0.5) is 8.78 Å². The fraction of sp³-hybridized carbons (Fsp3) is 0.320. The van der Waals surface area contributed by atoms with E-state index in [4.69, 9.17) is 27.9 Å². The number of fused-ring (bicyclic) bond motifs is 3. The molecule has 4 heterocycles. The molecule has 0 aliphatic carbocycles. The monoisotopic (exact) mass is 500 g/mol. The molecule has 4 aromatic rings. The largest absolute Gasteiger partial charge is 0.461 e. The predicted molar refractivity (Wildman–Crippen MR) is 129 cm³/mol. The Kier molecular flexibility index (Phi) is 5.32. The Balaban J connectivity index is 1.41. The van der Waals surface area contributed by atoms with Gasteiger partial charge in [0, 0.05) is 35.1 Å². The van der Waals surface area contributed by atoms with Crippen LogP contribution in [-0.2, 0) is 0 Å². The van der Waals surface area contributed by atoms with Gasteiger partial charge in [0.05, 0.1) is 10.9 Å². The van der Waals surface area contributed by atoms with Crippen molar-refractivity contribution in [1.82, 2.24) is 19.9 Å². The van der Waals surface area contributed by atoms with Crippen LogP contribution < -0.4 is 4.74 Å². The van der Waals surface area contributed by atoms with E-state index in [1.165, 1.54) is 6.20 Å². The average molecular weight is 501 g/mol. The molecular weight excluding hydrogens is 481 g/mol. The lowest BCUT2D eigenvalue weighted by atomic mass is 9.95. The lowest BCUT2D eigenvalue weighted by Crippen LogP contribution is -2.43. The highest BCUT2D eigenvalue weighted by Gasteiger charge is 2.49. The molecule has 174 valence electrons. The quantitative estimate of drug-likeness (QED) is 0.310. The lowest BCUT2D eigenvalue weighted by molar-refractivity contribution is 0.107. The highest BCUT2D eigenvalue weighted by atomic mass is 35.5. The molecule has 0 amide bonds. The molecule has 2 aliphatic rings. The summed E-state index contributed by atoms with van der Waals surface area (Å²) in [4.78, 5) is 15.0. The third kappa shape index (κ3) is 3.49. The number of nitrogens with zero attached hydrogens (tertiary/aromatic N) is 4. The molecule has 2 aromatic heterocycles. The first-order valence-corrected chi connectivity index (χ1v) is 11.9. The highest BCUT2D eigenvalue weighted by molar-refractivity contribution is 6.36.